The predicted molar refractivity (Wildman–Crippen MR) is 333 cm³/mol. The Morgan fingerprint density at radius 1 is 0.899 bits per heavy atom. The zero-order valence-corrected chi connectivity index (χ0v) is 55.0. The van der Waals surface area contributed by atoms with Crippen molar-refractivity contribution in [3.8, 4) is 5.75 Å². The number of carbonyl (C=O) groups excluding carboxylic acids is 11. The molecule has 8 N–H and O–H groups in total. The summed E-state index contributed by atoms with van der Waals surface area (Å²) in [6, 6.07) is -0.527. The number of hydrogen-bond acceptors (Lipinski definition) is 19. The number of likely N-dealkylation sites (tertiary alicyclic amines) is 1. The number of unbranched alkanes of at least 4 members (excludes halogenated alkanes) is 2. The van der Waals surface area contributed by atoms with Gasteiger partial charge >= 0.3 is 12.1 Å². The van der Waals surface area contributed by atoms with Crippen molar-refractivity contribution < 1.29 is 81.5 Å². The van der Waals surface area contributed by atoms with Gasteiger partial charge in [-0.2, -0.15) is 0 Å². The molecule has 10 amide bonds. The molecule has 89 heavy (non-hydrogen) atoms. The van der Waals surface area contributed by atoms with E-state index in [0.29, 0.717) is 61.5 Å². The molecule has 26 nitrogen and oxygen atoms in total. The number of allylic oxidation sites excluding steroid dienone is 3. The zero-order valence-electron chi connectivity index (χ0n) is 52.6. The van der Waals surface area contributed by atoms with E-state index in [2.05, 4.69) is 26.6 Å². The van der Waals surface area contributed by atoms with Gasteiger partial charge in [-0.1, -0.05) is 48.7 Å². The van der Waals surface area contributed by atoms with Gasteiger partial charge in [0.2, 0.25) is 53.2 Å². The molecule has 0 spiro atoms. The van der Waals surface area contributed by atoms with Crippen LogP contribution in [-0.4, -0.2) is 198 Å². The molecule has 0 saturated carbocycles. The minimum atomic E-state index is -1.88. The smallest absolute Gasteiger partial charge is 0.409 e. The molecular weight excluding hydrogens is 1220 g/mol. The van der Waals surface area contributed by atoms with E-state index in [9.17, 15) is 57.8 Å². The number of methoxy groups -OCH3 is 2. The number of rotatable bonds is 28. The maximum absolute atomic E-state index is 14.4. The topological polar surface area (TPSA) is 353 Å². The molecule has 1 aromatic rings. The van der Waals surface area contributed by atoms with Gasteiger partial charge < -0.3 is 65.6 Å². The van der Waals surface area contributed by atoms with Crippen LogP contribution in [0.2, 0.25) is 5.02 Å². The van der Waals surface area contributed by atoms with Gasteiger partial charge in [-0.05, 0) is 103 Å². The van der Waals surface area contributed by atoms with Gasteiger partial charge in [0, 0.05) is 65.8 Å². The molecule has 3 fully saturated rings. The number of anilines is 1. The standard InChI is InChI=1S/C60H88ClN9O17S2/c1-33-18-15-19-44(84-11)60(82)31-42(85-58(81)67-60)34(2)52-59(7,87-52)45(30-49(74)69(9)40-27-39(26-33)28-41(83-10)51(40)61)86-57(80)38(6)68(8)48(73)22-13-12-14-24-88-32-63-53(76)35(3)65-55(78)37(5)66-54(77)36(4)64-47(72)21-17-25-89-43-29-50(75)70(56(43)79)23-16-20-46(62)71/h15,18-19,27-28,34-38,42-45,52,82H,12-14,16-17,20-26,29-32H2,1-11H3,(H2,62,71)(H,63,76)(H,64,72)(H,65,78)(H,66,77)(H,67,81)/b19-15+,33-18+/t34-,35+,36+,37-,38+,42+,43?,44-,45+,52+,59+,60+/m1/s1. The van der Waals surface area contributed by atoms with Gasteiger partial charge in [-0.25, -0.2) is 9.59 Å². The summed E-state index contributed by atoms with van der Waals surface area (Å²) in [7, 11) is 5.91. The van der Waals surface area contributed by atoms with Crippen LogP contribution in [-0.2, 0) is 73.3 Å². The van der Waals surface area contributed by atoms with E-state index in [1.165, 1.54) is 82.3 Å². The maximum Gasteiger partial charge on any atom is 0.409 e. The Kier molecular flexibility index (Phi) is 27.6. The van der Waals surface area contributed by atoms with Crippen LogP contribution in [0.4, 0.5) is 10.5 Å². The molecule has 3 saturated heterocycles. The first kappa shape index (κ1) is 73.3. The minimum Gasteiger partial charge on any atom is -0.495 e. The summed E-state index contributed by atoms with van der Waals surface area (Å²) < 4.78 is 29.5. The molecule has 4 heterocycles. The number of thioether (sulfide) groups is 2. The number of halogens is 1. The van der Waals surface area contributed by atoms with Crippen LogP contribution < -0.4 is 42.0 Å². The van der Waals surface area contributed by atoms with Crippen LogP contribution in [0.3, 0.4) is 0 Å². The maximum atomic E-state index is 14.4. The lowest BCUT2D eigenvalue weighted by atomic mass is 9.83. The Bertz CT molecular complexity index is 2850. The Balaban J connectivity index is 1.04. The molecule has 4 aliphatic heterocycles. The van der Waals surface area contributed by atoms with Crippen LogP contribution in [0.1, 0.15) is 125 Å². The second-order valence-electron chi connectivity index (χ2n) is 23.2. The number of ether oxygens (including phenoxy) is 5. The normalized spacial score (nSPS) is 25.9. The number of benzene rings is 1. The lowest BCUT2D eigenvalue weighted by Crippen LogP contribution is -2.63. The Morgan fingerprint density at radius 3 is 2.24 bits per heavy atom. The van der Waals surface area contributed by atoms with Gasteiger partial charge in [0.05, 0.1) is 36.4 Å². The molecule has 0 aromatic heterocycles. The molecule has 0 aliphatic carbocycles. The fourth-order valence-corrected chi connectivity index (χ4v) is 12.7. The van der Waals surface area contributed by atoms with Crippen molar-refractivity contribution in [3.05, 3.63) is 46.5 Å². The zero-order chi connectivity index (χ0) is 66.1. The molecule has 29 heteroatoms. The average molecular weight is 1310 g/mol. The highest BCUT2D eigenvalue weighted by Gasteiger charge is 2.64. The summed E-state index contributed by atoms with van der Waals surface area (Å²) in [4.78, 5) is 146. The summed E-state index contributed by atoms with van der Waals surface area (Å²) in [5.41, 5.74) is 3.96. The first-order valence-corrected chi connectivity index (χ1v) is 32.4. The average Bonchev–Trinajstić information content (AvgIpc) is 1.60. The van der Waals surface area contributed by atoms with Crippen molar-refractivity contribution in [1.82, 2.24) is 36.4 Å². The summed E-state index contributed by atoms with van der Waals surface area (Å²) in [6.45, 7) is 11.4. The van der Waals surface area contributed by atoms with E-state index < -0.39 is 119 Å². The number of esters is 1. The minimum absolute atomic E-state index is 0.0359. The molecular formula is C60H88ClN9O17S2. The number of imide groups is 1. The fraction of sp³-hybridized carbons (Fsp3) is 0.650. The first-order chi connectivity index (χ1) is 41.9. The molecule has 4 bridgehead atoms. The molecule has 5 rings (SSSR count). The molecule has 12 atom stereocenters. The SMILES string of the molecule is COc1cc2cc(c1Cl)N(C)C(=O)C[C@H](OC(=O)[C@H](C)N(C)C(=O)CCCCCSCNC(=O)[C@H](C)NC(=O)[C@@H](C)NC(=O)[C@H](C)NC(=O)CCCSC1CC(=O)N(CCCC(N)=O)C1=O)[C@]1(C)O[C@H]1[C@H](C)[C@@H]1C[C@@](O)(NC(=O)O1)[C@H](OC)/C=C/C=C(\C)C2. The van der Waals surface area contributed by atoms with Gasteiger partial charge in [-0.15, -0.1) is 23.5 Å². The van der Waals surface area contributed by atoms with Gasteiger partial charge in [0.1, 0.15) is 58.9 Å². The van der Waals surface area contributed by atoms with Gasteiger partial charge in [0.15, 0.2) is 5.72 Å². The van der Waals surface area contributed by atoms with E-state index in [1.54, 1.807) is 45.2 Å². The highest BCUT2D eigenvalue weighted by molar-refractivity contribution is 8.00. The summed E-state index contributed by atoms with van der Waals surface area (Å²) in [5.74, 6) is -3.87. The van der Waals surface area contributed by atoms with Crippen LogP contribution in [0.5, 0.6) is 5.75 Å². The van der Waals surface area contributed by atoms with Crippen molar-refractivity contribution >= 4 is 106 Å². The van der Waals surface area contributed by atoms with Crippen LogP contribution in [0.25, 0.3) is 0 Å². The van der Waals surface area contributed by atoms with Crippen molar-refractivity contribution in [1.29, 1.82) is 0 Å². The number of aliphatic hydroxyl groups is 1. The number of nitrogens with zero attached hydrogens (tertiary/aromatic N) is 3. The van der Waals surface area contributed by atoms with Crippen LogP contribution >= 0.6 is 35.1 Å². The third-order valence-corrected chi connectivity index (χ3v) is 18.8. The van der Waals surface area contributed by atoms with E-state index >= 15 is 0 Å². The number of epoxide rings is 1. The number of nitrogens with two attached hydrogens (primary N) is 1. The van der Waals surface area contributed by atoms with E-state index in [-0.39, 0.29) is 73.7 Å². The number of amides is 10. The number of alkyl carbamates (subject to hydrolysis) is 1. The molecule has 4 aliphatic rings. The highest BCUT2D eigenvalue weighted by atomic mass is 35.5. The Hall–Kier alpha value is -6.46. The second-order valence-corrected chi connectivity index (χ2v) is 26.0. The van der Waals surface area contributed by atoms with E-state index in [1.807, 2.05) is 13.0 Å². The largest absolute Gasteiger partial charge is 0.495 e. The number of fused-ring (bicyclic) bond motifs is 5. The molecule has 1 aromatic carbocycles. The van der Waals surface area contributed by atoms with Gasteiger partial charge in [0.25, 0.3) is 0 Å². The lowest BCUT2D eigenvalue weighted by Gasteiger charge is -2.42. The lowest BCUT2D eigenvalue weighted by molar-refractivity contribution is -0.162. The highest BCUT2D eigenvalue weighted by Crippen LogP contribution is 2.49. The number of likely N-dealkylation sites (N-methyl/N-ethyl adjacent to an activating group) is 1. The van der Waals surface area contributed by atoms with E-state index in [4.69, 9.17) is 41.0 Å². The molecule has 494 valence electrons. The summed E-state index contributed by atoms with van der Waals surface area (Å²) in [5, 5.41) is 24.4. The number of hydrogen-bond donors (Lipinski definition) is 7. The molecule has 0 radical (unpaired) electrons. The third kappa shape index (κ3) is 20.5. The molecule has 1 unspecified atom stereocenters. The number of primary amides is 1. The second kappa shape index (κ2) is 33.6. The third-order valence-electron chi connectivity index (χ3n) is 16.2. The van der Waals surface area contributed by atoms with Gasteiger partial charge in [-0.3, -0.25) is 53.4 Å². The van der Waals surface area contributed by atoms with Crippen molar-refractivity contribution in [2.24, 2.45) is 11.7 Å². The number of nitrogens with one attached hydrogen (secondary N) is 5. The van der Waals surface area contributed by atoms with Crippen molar-refractivity contribution in [2.75, 3.05) is 57.1 Å². The quantitative estimate of drug-likeness (QED) is 0.0208. The number of carbonyl (C=O) groups is 11. The Labute approximate surface area is 533 Å². The first-order valence-electron chi connectivity index (χ1n) is 29.8. The summed E-state index contributed by atoms with van der Waals surface area (Å²) in [6.07, 6.45) is 3.18. The van der Waals surface area contributed by atoms with E-state index in [0.717, 1.165) is 16.0 Å². The predicted octanol–water partition coefficient (Wildman–Crippen LogP) is 3.30. The van der Waals surface area contributed by atoms with Crippen LogP contribution in [0, 0.1) is 5.92 Å². The summed E-state index contributed by atoms with van der Waals surface area (Å²) >= 11 is 9.52. The van der Waals surface area contributed by atoms with Crippen molar-refractivity contribution in [2.45, 2.75) is 191 Å². The monoisotopic (exact) mass is 1310 g/mol. The fourth-order valence-electron chi connectivity index (χ4n) is 10.5. The van der Waals surface area contributed by atoms with Crippen LogP contribution in [0.15, 0.2) is 35.9 Å². The Morgan fingerprint density at radius 2 is 1.57 bits per heavy atom. The van der Waals surface area contributed by atoms with Crippen molar-refractivity contribution in [3.63, 3.8) is 0 Å².